The molecule has 0 fully saturated rings. The van der Waals surface area contributed by atoms with E-state index in [-0.39, 0.29) is 37.4 Å². The normalized spacial score (nSPS) is 14.7. The molecule has 0 saturated carbocycles. The van der Waals surface area contributed by atoms with Crippen LogP contribution in [0.4, 0.5) is 26.3 Å². The van der Waals surface area contributed by atoms with Crippen LogP contribution in [0.5, 0.6) is 0 Å². The van der Waals surface area contributed by atoms with Gasteiger partial charge in [0.05, 0.1) is 6.61 Å². The highest BCUT2D eigenvalue weighted by molar-refractivity contribution is 7.52. The number of hydrogen-bond donors (Lipinski definition) is 2. The van der Waals surface area contributed by atoms with Gasteiger partial charge < -0.3 is 14.7 Å². The molecule has 0 aliphatic heterocycles. The van der Waals surface area contributed by atoms with Crippen molar-refractivity contribution in [3.8, 4) is 0 Å². The molecule has 0 aromatic carbocycles. The number of nitrogens with zero attached hydrogens (tertiary/aromatic N) is 2. The number of carbonyl (C=O) groups excluding carboxylic acids is 2. The van der Waals surface area contributed by atoms with E-state index in [2.05, 4.69) is 0 Å². The van der Waals surface area contributed by atoms with Crippen LogP contribution < -0.4 is 5.32 Å². The van der Waals surface area contributed by atoms with Gasteiger partial charge in [0.25, 0.3) is 0 Å². The fourth-order valence-corrected chi connectivity index (χ4v) is 4.55. The second-order valence-electron chi connectivity index (χ2n) is 6.82. The maximum atomic E-state index is 13.1. The van der Waals surface area contributed by atoms with Crippen LogP contribution in [0, 0.1) is 0 Å². The predicted molar refractivity (Wildman–Crippen MR) is 110 cm³/mol. The number of carbonyl (C=O) groups is 2. The van der Waals surface area contributed by atoms with E-state index in [0.717, 1.165) is 14.2 Å². The number of rotatable bonds is 16. The van der Waals surface area contributed by atoms with Crippen molar-refractivity contribution in [3.05, 3.63) is 0 Å². The van der Waals surface area contributed by atoms with Crippen LogP contribution in [0.15, 0.2) is 0 Å². The zero-order valence-corrected chi connectivity index (χ0v) is 21.0. The highest BCUT2D eigenvalue weighted by atomic mass is 31.2. The van der Waals surface area contributed by atoms with Crippen LogP contribution >= 0.6 is 16.1 Å². The molecule has 0 aromatic heterocycles. The van der Waals surface area contributed by atoms with Crippen molar-refractivity contribution >= 4 is 27.9 Å². The third-order valence-corrected chi connectivity index (χ3v) is 6.64. The van der Waals surface area contributed by atoms with Crippen molar-refractivity contribution in [2.75, 3.05) is 53.3 Å². The SMILES string of the molecule is CCOP(=O)(O)CN(CCCNC(=O)C(F)(F)F)CCCN(C(=O)C(F)(F)F)C(OC)(OC)[PH+]=O. The minimum absolute atomic E-state index is 0.0568. The third kappa shape index (κ3) is 11.5. The van der Waals surface area contributed by atoms with Gasteiger partial charge in [-0.05, 0) is 19.8 Å². The highest BCUT2D eigenvalue weighted by Gasteiger charge is 2.56. The Hall–Kier alpha value is -1.35. The average Bonchev–Trinajstić information content (AvgIpc) is 2.74. The quantitative estimate of drug-likeness (QED) is 0.125. The van der Waals surface area contributed by atoms with E-state index >= 15 is 0 Å². The third-order valence-electron chi connectivity index (χ3n) is 4.29. The summed E-state index contributed by atoms with van der Waals surface area (Å²) in [7, 11) is -4.14. The molecular formula is C16H28F6N3O8P2+. The number of nitrogens with one attached hydrogen (secondary N) is 1. The molecule has 0 radical (unpaired) electrons. The first-order chi connectivity index (χ1) is 16.0. The molecule has 0 aliphatic rings. The molecule has 0 aliphatic carbocycles. The Balaban J connectivity index is 5.42. The van der Waals surface area contributed by atoms with Crippen LogP contribution in [0.25, 0.3) is 0 Å². The molecule has 0 bridgehead atoms. The van der Waals surface area contributed by atoms with Gasteiger partial charge in [0.15, 0.2) is 0 Å². The lowest BCUT2D eigenvalue weighted by Gasteiger charge is -2.32. The zero-order valence-electron chi connectivity index (χ0n) is 19.1. The Morgan fingerprint density at radius 2 is 1.54 bits per heavy atom. The van der Waals surface area contributed by atoms with Crippen LogP contribution in [0.3, 0.4) is 0 Å². The number of amides is 2. The van der Waals surface area contributed by atoms with Gasteiger partial charge in [-0.1, -0.05) is 4.57 Å². The summed E-state index contributed by atoms with van der Waals surface area (Å²) in [6.07, 6.45) is -11.5. The largest absolute Gasteiger partial charge is 0.471 e. The molecule has 206 valence electrons. The summed E-state index contributed by atoms with van der Waals surface area (Å²) in [6.45, 7) is -0.290. The van der Waals surface area contributed by atoms with E-state index < -0.39 is 65.3 Å². The van der Waals surface area contributed by atoms with Crippen LogP contribution in [-0.2, 0) is 32.7 Å². The van der Waals surface area contributed by atoms with Gasteiger partial charge >= 0.3 is 45.9 Å². The zero-order chi connectivity index (χ0) is 27.5. The van der Waals surface area contributed by atoms with E-state index in [1.54, 1.807) is 5.32 Å². The summed E-state index contributed by atoms with van der Waals surface area (Å²) in [6, 6.07) is 0. The lowest BCUT2D eigenvalue weighted by Crippen LogP contribution is -2.55. The molecule has 0 saturated heterocycles. The lowest BCUT2D eigenvalue weighted by molar-refractivity contribution is -0.250. The molecule has 2 amide bonds. The fourth-order valence-electron chi connectivity index (χ4n) is 2.78. The molecule has 35 heavy (non-hydrogen) atoms. The van der Waals surface area contributed by atoms with E-state index in [0.29, 0.717) is 0 Å². The van der Waals surface area contributed by atoms with Gasteiger partial charge in [0, 0.05) is 40.4 Å². The van der Waals surface area contributed by atoms with Gasteiger partial charge in [-0.25, -0.2) is 4.90 Å². The number of alkyl halides is 6. The van der Waals surface area contributed by atoms with Crippen LogP contribution in [0.1, 0.15) is 19.8 Å². The summed E-state index contributed by atoms with van der Waals surface area (Å²) in [5.74, 6) is -4.59. The second-order valence-corrected chi connectivity index (χ2v) is 9.47. The Labute approximate surface area is 198 Å². The topological polar surface area (TPSA) is 135 Å². The molecule has 0 rings (SSSR count). The van der Waals surface area contributed by atoms with Gasteiger partial charge in [-0.2, -0.15) is 26.3 Å². The minimum Gasteiger partial charge on any atom is -0.348 e. The van der Waals surface area contributed by atoms with E-state index in [1.807, 2.05) is 0 Å². The van der Waals surface area contributed by atoms with Crippen LogP contribution in [0.2, 0.25) is 0 Å². The summed E-state index contributed by atoms with van der Waals surface area (Å²) in [5.41, 5.74) is -2.54. The molecule has 2 N–H and O–H groups in total. The molecule has 2 atom stereocenters. The molecule has 2 unspecified atom stereocenters. The Bertz CT molecular complexity index is 752. The van der Waals surface area contributed by atoms with E-state index in [9.17, 15) is 50.0 Å². The number of halogens is 6. The maximum Gasteiger partial charge on any atom is 0.471 e. The Morgan fingerprint density at radius 3 is 1.97 bits per heavy atom. The first-order valence-corrected chi connectivity index (χ1v) is 12.6. The van der Waals surface area contributed by atoms with E-state index in [1.165, 1.54) is 11.8 Å². The van der Waals surface area contributed by atoms with Crippen LogP contribution in [-0.4, -0.2) is 97.8 Å². The van der Waals surface area contributed by atoms with E-state index in [4.69, 9.17) is 14.0 Å². The fraction of sp³-hybridized carbons (Fsp3) is 0.875. The Kier molecular flexibility index (Phi) is 13.8. The first kappa shape index (κ1) is 33.7. The molecule has 0 aromatic rings. The molecular weight excluding hydrogens is 538 g/mol. The van der Waals surface area contributed by atoms with Gasteiger partial charge in [-0.3, -0.25) is 28.5 Å². The monoisotopic (exact) mass is 566 g/mol. The van der Waals surface area contributed by atoms with Crippen molar-refractivity contribution in [1.29, 1.82) is 0 Å². The standard InChI is InChI=1S/C16H27F6N3O8P2/c1-4-33-35(29,30)11-24(8-5-7-23-12(26)14(17,18)19)9-6-10-25(13(27)15(20,21)22)16(31-2,32-3)34-28/h4-11H2,1-3H3,(H,23,26)(H,29,30)/p+1. The number of hydrogen-bond acceptors (Lipinski definition) is 8. The van der Waals surface area contributed by atoms with Crippen molar-refractivity contribution in [2.45, 2.75) is 37.8 Å². The van der Waals surface area contributed by atoms with Crippen molar-refractivity contribution in [3.63, 3.8) is 0 Å². The first-order valence-electron chi connectivity index (χ1n) is 9.91. The predicted octanol–water partition coefficient (Wildman–Crippen LogP) is 2.25. The lowest BCUT2D eigenvalue weighted by atomic mass is 10.3. The van der Waals surface area contributed by atoms with Gasteiger partial charge in [-0.15, -0.1) is 0 Å². The average molecular weight is 566 g/mol. The number of methoxy groups -OCH3 is 2. The van der Waals surface area contributed by atoms with Gasteiger partial charge in [0.2, 0.25) is 0 Å². The number of ether oxygens (including phenoxy) is 2. The minimum atomic E-state index is -5.37. The summed E-state index contributed by atoms with van der Waals surface area (Å²) >= 11 is 0. The highest BCUT2D eigenvalue weighted by Crippen LogP contribution is 2.42. The molecule has 19 heteroatoms. The smallest absolute Gasteiger partial charge is 0.348 e. The van der Waals surface area contributed by atoms with Crippen molar-refractivity contribution in [2.24, 2.45) is 0 Å². The van der Waals surface area contributed by atoms with Crippen molar-refractivity contribution < 1.29 is 64.0 Å². The summed E-state index contributed by atoms with van der Waals surface area (Å²) in [4.78, 5) is 33.9. The summed E-state index contributed by atoms with van der Waals surface area (Å²) < 4.78 is 114. The van der Waals surface area contributed by atoms with Gasteiger partial charge in [0.1, 0.15) is 6.29 Å². The Morgan fingerprint density at radius 1 is 1.00 bits per heavy atom. The molecule has 0 spiro atoms. The van der Waals surface area contributed by atoms with Crippen molar-refractivity contribution in [1.82, 2.24) is 15.1 Å². The summed E-state index contributed by atoms with van der Waals surface area (Å²) in [5, 5.41) is 1.62. The maximum absolute atomic E-state index is 13.1. The molecule has 0 heterocycles. The second kappa shape index (κ2) is 14.4. The molecule has 11 nitrogen and oxygen atoms in total.